The van der Waals surface area contributed by atoms with E-state index in [1.54, 1.807) is 27.7 Å². The molecular formula is C26H41NO12S2. The molecule has 0 saturated carbocycles. The van der Waals surface area contributed by atoms with Crippen LogP contribution in [-0.2, 0) is 47.6 Å². The Labute approximate surface area is 249 Å². The first-order valence-corrected chi connectivity index (χ1v) is 15.0. The van der Waals surface area contributed by atoms with Crippen LogP contribution in [0, 0.1) is 17.8 Å². The van der Waals surface area contributed by atoms with E-state index < -0.39 is 70.4 Å². The van der Waals surface area contributed by atoms with Crippen LogP contribution in [-0.4, -0.2) is 103 Å². The van der Waals surface area contributed by atoms with Crippen molar-refractivity contribution in [2.24, 2.45) is 17.8 Å². The molecule has 0 aliphatic carbocycles. The summed E-state index contributed by atoms with van der Waals surface area (Å²) >= 11 is 1.22. The molecule has 0 radical (unpaired) electrons. The molecule has 1 fully saturated rings. The van der Waals surface area contributed by atoms with E-state index in [9.17, 15) is 28.8 Å². The molecular weight excluding hydrogens is 582 g/mol. The standard InChI is InChI=1S/C26H41NO12S2/c1-17(2)21(29)36-15-38-24(32)40-14-19(23(31)35-12-9-27-7-10-34-11-8-27)13-20(28)26(5,6)41-25(33)39-16-37-22(30)18(3)4/h17-19H,7-16H2,1-6H3/t19-/m0/s1. The predicted octanol–water partition coefficient (Wildman–Crippen LogP) is 3.27. The van der Waals surface area contributed by atoms with Crippen LogP contribution in [0.3, 0.4) is 0 Å². The monoisotopic (exact) mass is 623 g/mol. The number of ketones is 1. The average Bonchev–Trinajstić information content (AvgIpc) is 2.90. The Balaban J connectivity index is 2.71. The summed E-state index contributed by atoms with van der Waals surface area (Å²) in [4.78, 5) is 75.5. The van der Waals surface area contributed by atoms with Gasteiger partial charge in [-0.25, -0.2) is 9.59 Å². The highest BCUT2D eigenvalue weighted by Gasteiger charge is 2.36. The maximum atomic E-state index is 13.1. The van der Waals surface area contributed by atoms with Crippen molar-refractivity contribution >= 4 is 57.8 Å². The number of morpholine rings is 1. The molecule has 41 heavy (non-hydrogen) atoms. The highest BCUT2D eigenvalue weighted by molar-refractivity contribution is 8.15. The predicted molar refractivity (Wildman–Crippen MR) is 150 cm³/mol. The van der Waals surface area contributed by atoms with Crippen molar-refractivity contribution < 1.29 is 57.2 Å². The SMILES string of the molecule is CC(C)C(=O)OCOC(=O)SC[C@H](CC(=O)C(C)(C)SC(=O)OCOC(=O)C(C)C)C(=O)OCCN1CCOCC1. The number of ether oxygens (including phenoxy) is 6. The summed E-state index contributed by atoms with van der Waals surface area (Å²) in [5.41, 5.74) is 0. The second-order valence-electron chi connectivity index (χ2n) is 10.1. The summed E-state index contributed by atoms with van der Waals surface area (Å²) in [5, 5.41) is -1.63. The van der Waals surface area contributed by atoms with Crippen molar-refractivity contribution in [1.82, 2.24) is 4.90 Å². The van der Waals surface area contributed by atoms with Crippen molar-refractivity contribution in [2.45, 2.75) is 52.7 Å². The van der Waals surface area contributed by atoms with Crippen LogP contribution in [0.4, 0.5) is 9.59 Å². The van der Waals surface area contributed by atoms with Gasteiger partial charge in [-0.1, -0.05) is 27.7 Å². The number of hydrogen-bond acceptors (Lipinski definition) is 15. The van der Waals surface area contributed by atoms with Crippen molar-refractivity contribution in [3.63, 3.8) is 0 Å². The maximum Gasteiger partial charge on any atom is 0.371 e. The summed E-state index contributed by atoms with van der Waals surface area (Å²) in [6, 6.07) is 0. The third-order valence-electron chi connectivity index (χ3n) is 5.63. The number of rotatable bonds is 16. The van der Waals surface area contributed by atoms with Gasteiger partial charge in [0.05, 0.1) is 35.7 Å². The van der Waals surface area contributed by atoms with Gasteiger partial charge in [-0.2, -0.15) is 0 Å². The summed E-state index contributed by atoms with van der Waals surface area (Å²) in [6.45, 7) is 11.5. The molecule has 234 valence electrons. The van der Waals surface area contributed by atoms with E-state index in [4.69, 9.17) is 28.4 Å². The molecule has 1 aliphatic heterocycles. The van der Waals surface area contributed by atoms with E-state index in [-0.39, 0.29) is 18.8 Å². The van der Waals surface area contributed by atoms with E-state index in [2.05, 4.69) is 4.90 Å². The van der Waals surface area contributed by atoms with Crippen molar-refractivity contribution in [2.75, 3.05) is 58.8 Å². The summed E-state index contributed by atoms with van der Waals surface area (Å²) in [7, 11) is 0. The third kappa shape index (κ3) is 15.4. The summed E-state index contributed by atoms with van der Waals surface area (Å²) < 4.78 is 28.8. The first kappa shape index (κ1) is 36.7. The molecule has 1 atom stereocenters. The molecule has 13 nitrogen and oxygen atoms in total. The van der Waals surface area contributed by atoms with Crippen LogP contribution in [0.5, 0.6) is 0 Å². The van der Waals surface area contributed by atoms with Crippen molar-refractivity contribution in [3.05, 3.63) is 0 Å². The van der Waals surface area contributed by atoms with Crippen LogP contribution in [0.15, 0.2) is 0 Å². The Morgan fingerprint density at radius 3 is 1.85 bits per heavy atom. The van der Waals surface area contributed by atoms with Gasteiger partial charge in [0.25, 0.3) is 0 Å². The number of carbonyl (C=O) groups excluding carboxylic acids is 6. The molecule has 0 unspecified atom stereocenters. The molecule has 1 rings (SSSR count). The molecule has 1 heterocycles. The molecule has 0 bridgehead atoms. The van der Waals surface area contributed by atoms with Crippen LogP contribution < -0.4 is 0 Å². The summed E-state index contributed by atoms with van der Waals surface area (Å²) in [6.07, 6.45) is -0.325. The molecule has 1 saturated heterocycles. The largest absolute Gasteiger partial charge is 0.464 e. The number of carbonyl (C=O) groups is 6. The zero-order valence-electron chi connectivity index (χ0n) is 24.5. The molecule has 1 aliphatic rings. The minimum atomic E-state index is -1.30. The second kappa shape index (κ2) is 18.9. The van der Waals surface area contributed by atoms with E-state index in [1.165, 1.54) is 13.8 Å². The van der Waals surface area contributed by atoms with Gasteiger partial charge >= 0.3 is 28.5 Å². The average molecular weight is 624 g/mol. The minimum Gasteiger partial charge on any atom is -0.464 e. The Bertz CT molecular complexity index is 903. The van der Waals surface area contributed by atoms with Crippen molar-refractivity contribution in [1.29, 1.82) is 0 Å². The maximum absolute atomic E-state index is 13.1. The number of nitrogens with zero attached hydrogens (tertiary/aromatic N) is 1. The van der Waals surface area contributed by atoms with Gasteiger partial charge in [0.2, 0.25) is 13.6 Å². The van der Waals surface area contributed by atoms with E-state index in [0.717, 1.165) is 0 Å². The lowest BCUT2D eigenvalue weighted by Crippen LogP contribution is -2.39. The van der Waals surface area contributed by atoms with E-state index >= 15 is 0 Å². The molecule has 0 amide bonds. The Hall–Kier alpha value is -2.36. The fourth-order valence-electron chi connectivity index (χ4n) is 3.01. The lowest BCUT2D eigenvalue weighted by molar-refractivity contribution is -0.156. The fraction of sp³-hybridized carbons (Fsp3) is 0.769. The molecule has 0 aromatic carbocycles. The summed E-state index contributed by atoms with van der Waals surface area (Å²) in [5.74, 6) is -4.17. The highest BCUT2D eigenvalue weighted by atomic mass is 32.2. The van der Waals surface area contributed by atoms with Gasteiger partial charge in [0, 0.05) is 31.8 Å². The quantitative estimate of drug-likeness (QED) is 0.140. The first-order valence-electron chi connectivity index (χ1n) is 13.2. The zero-order chi connectivity index (χ0) is 31.0. The van der Waals surface area contributed by atoms with E-state index in [0.29, 0.717) is 56.4 Å². The molecule has 15 heteroatoms. The lowest BCUT2D eigenvalue weighted by atomic mass is 9.97. The normalized spacial score (nSPS) is 14.7. The van der Waals surface area contributed by atoms with E-state index in [1.807, 2.05) is 0 Å². The highest BCUT2D eigenvalue weighted by Crippen LogP contribution is 2.31. The Morgan fingerprint density at radius 1 is 0.780 bits per heavy atom. The first-order chi connectivity index (χ1) is 19.2. The fourth-order valence-corrected chi connectivity index (χ4v) is 4.45. The zero-order valence-corrected chi connectivity index (χ0v) is 26.1. The number of esters is 3. The molecule has 0 aromatic rings. The van der Waals surface area contributed by atoms with Gasteiger partial charge in [-0.05, 0) is 37.4 Å². The molecule has 0 spiro atoms. The lowest BCUT2D eigenvalue weighted by Gasteiger charge is -2.27. The van der Waals surface area contributed by atoms with Crippen LogP contribution >= 0.6 is 23.5 Å². The van der Waals surface area contributed by atoms with Gasteiger partial charge < -0.3 is 28.4 Å². The molecule has 0 N–H and O–H groups in total. The topological polar surface area (TPSA) is 161 Å². The minimum absolute atomic E-state index is 0.0867. The smallest absolute Gasteiger partial charge is 0.371 e. The van der Waals surface area contributed by atoms with Gasteiger partial charge in [0.1, 0.15) is 12.4 Å². The number of Topliss-reactive ketones (excluding diaryl/α,β-unsaturated/α-hetero) is 1. The van der Waals surface area contributed by atoms with Crippen LogP contribution in [0.2, 0.25) is 0 Å². The number of thioether (sulfide) groups is 2. The third-order valence-corrected chi connectivity index (χ3v) is 7.58. The molecule has 0 aromatic heterocycles. The van der Waals surface area contributed by atoms with Crippen LogP contribution in [0.25, 0.3) is 0 Å². The van der Waals surface area contributed by atoms with Gasteiger partial charge in [-0.15, -0.1) is 0 Å². The number of hydrogen-bond donors (Lipinski definition) is 0. The Morgan fingerprint density at radius 2 is 1.32 bits per heavy atom. The Kier molecular flexibility index (Phi) is 16.9. The second-order valence-corrected chi connectivity index (χ2v) is 12.6. The van der Waals surface area contributed by atoms with Gasteiger partial charge in [-0.3, -0.25) is 24.1 Å². The van der Waals surface area contributed by atoms with Gasteiger partial charge in [0.15, 0.2) is 0 Å². The van der Waals surface area contributed by atoms with Crippen molar-refractivity contribution in [3.8, 4) is 0 Å². The van der Waals surface area contributed by atoms with Crippen LogP contribution in [0.1, 0.15) is 48.0 Å².